The van der Waals surface area contributed by atoms with Crippen LogP contribution < -0.4 is 10.5 Å². The quantitative estimate of drug-likeness (QED) is 0.799. The van der Waals surface area contributed by atoms with E-state index in [-0.39, 0.29) is 6.04 Å². The Hall–Kier alpha value is -2.59. The number of nitrogens with zero attached hydrogens (tertiary/aromatic N) is 2. The molecule has 1 heterocycles. The zero-order valence-corrected chi connectivity index (χ0v) is 11.8. The summed E-state index contributed by atoms with van der Waals surface area (Å²) in [5, 5.41) is 0. The van der Waals surface area contributed by atoms with Crippen LogP contribution in [0.15, 0.2) is 67.1 Å². The number of hydrogen-bond acceptors (Lipinski definition) is 3. The molecule has 0 aliphatic heterocycles. The van der Waals surface area contributed by atoms with E-state index in [0.717, 1.165) is 22.7 Å². The second kappa shape index (κ2) is 5.81. The minimum Gasteiger partial charge on any atom is -0.495 e. The number of para-hydroxylation sites is 2. The monoisotopic (exact) mass is 279 g/mol. The summed E-state index contributed by atoms with van der Waals surface area (Å²) in [6.45, 7) is 0. The summed E-state index contributed by atoms with van der Waals surface area (Å²) in [6.07, 6.45) is 3.56. The number of rotatable bonds is 4. The molecule has 0 amide bonds. The maximum absolute atomic E-state index is 6.39. The lowest BCUT2D eigenvalue weighted by Gasteiger charge is -2.16. The highest BCUT2D eigenvalue weighted by atomic mass is 16.5. The second-order valence-electron chi connectivity index (χ2n) is 4.75. The SMILES string of the molecule is COc1ccccc1-n1cncc1C(N)c1ccccc1. The van der Waals surface area contributed by atoms with Gasteiger partial charge < -0.3 is 10.5 Å². The molecule has 1 aromatic heterocycles. The fraction of sp³-hybridized carbons (Fsp3) is 0.118. The average Bonchev–Trinajstić information content (AvgIpc) is 3.04. The van der Waals surface area contributed by atoms with Crippen LogP contribution in [0.4, 0.5) is 0 Å². The number of hydrogen-bond donors (Lipinski definition) is 1. The number of imidazole rings is 1. The molecule has 0 bridgehead atoms. The number of methoxy groups -OCH3 is 1. The average molecular weight is 279 g/mol. The Morgan fingerprint density at radius 3 is 2.52 bits per heavy atom. The molecule has 0 radical (unpaired) electrons. The molecule has 2 N–H and O–H groups in total. The highest BCUT2D eigenvalue weighted by molar-refractivity contribution is 5.48. The summed E-state index contributed by atoms with van der Waals surface area (Å²) < 4.78 is 7.39. The van der Waals surface area contributed by atoms with Gasteiger partial charge in [-0.25, -0.2) is 4.98 Å². The van der Waals surface area contributed by atoms with Crippen LogP contribution in [0.25, 0.3) is 5.69 Å². The molecule has 4 heteroatoms. The lowest BCUT2D eigenvalue weighted by atomic mass is 10.1. The van der Waals surface area contributed by atoms with Crippen molar-refractivity contribution in [2.45, 2.75) is 6.04 Å². The zero-order chi connectivity index (χ0) is 14.7. The van der Waals surface area contributed by atoms with Crippen molar-refractivity contribution in [1.29, 1.82) is 0 Å². The van der Waals surface area contributed by atoms with Crippen molar-refractivity contribution in [3.05, 3.63) is 78.4 Å². The van der Waals surface area contributed by atoms with Gasteiger partial charge in [0.05, 0.1) is 37.1 Å². The molecule has 0 saturated heterocycles. The van der Waals surface area contributed by atoms with Gasteiger partial charge in [0, 0.05) is 0 Å². The van der Waals surface area contributed by atoms with Crippen molar-refractivity contribution in [2.24, 2.45) is 5.73 Å². The van der Waals surface area contributed by atoms with Crippen molar-refractivity contribution < 1.29 is 4.74 Å². The molecule has 0 saturated carbocycles. The van der Waals surface area contributed by atoms with Gasteiger partial charge in [0.25, 0.3) is 0 Å². The molecular formula is C17H17N3O. The topological polar surface area (TPSA) is 53.1 Å². The molecule has 0 spiro atoms. The van der Waals surface area contributed by atoms with E-state index in [0.29, 0.717) is 0 Å². The first kappa shape index (κ1) is 13.4. The number of aromatic nitrogens is 2. The van der Waals surface area contributed by atoms with Crippen LogP contribution in [0.2, 0.25) is 0 Å². The maximum Gasteiger partial charge on any atom is 0.142 e. The van der Waals surface area contributed by atoms with Crippen LogP contribution in [0, 0.1) is 0 Å². The predicted molar refractivity (Wildman–Crippen MR) is 82.6 cm³/mol. The molecule has 0 fully saturated rings. The van der Waals surface area contributed by atoms with E-state index in [2.05, 4.69) is 4.98 Å². The molecule has 2 aromatic carbocycles. The van der Waals surface area contributed by atoms with Gasteiger partial charge in [0.1, 0.15) is 5.75 Å². The van der Waals surface area contributed by atoms with Gasteiger partial charge in [0.2, 0.25) is 0 Å². The minimum atomic E-state index is -0.237. The van der Waals surface area contributed by atoms with E-state index < -0.39 is 0 Å². The lowest BCUT2D eigenvalue weighted by Crippen LogP contribution is -2.16. The Morgan fingerprint density at radius 2 is 1.76 bits per heavy atom. The summed E-state index contributed by atoms with van der Waals surface area (Å²) in [4.78, 5) is 4.25. The molecule has 3 rings (SSSR count). The molecule has 106 valence electrons. The molecule has 1 atom stereocenters. The molecule has 4 nitrogen and oxygen atoms in total. The number of nitrogens with two attached hydrogens (primary N) is 1. The molecule has 3 aromatic rings. The Bertz CT molecular complexity index is 722. The highest BCUT2D eigenvalue weighted by Gasteiger charge is 2.16. The van der Waals surface area contributed by atoms with Crippen molar-refractivity contribution in [1.82, 2.24) is 9.55 Å². The number of ether oxygens (including phenoxy) is 1. The normalized spacial score (nSPS) is 12.1. The van der Waals surface area contributed by atoms with Gasteiger partial charge in [0.15, 0.2) is 0 Å². The Balaban J connectivity index is 2.05. The molecule has 0 aliphatic rings. The molecule has 1 unspecified atom stereocenters. The smallest absolute Gasteiger partial charge is 0.142 e. The van der Waals surface area contributed by atoms with E-state index >= 15 is 0 Å². The van der Waals surface area contributed by atoms with Gasteiger partial charge in [-0.2, -0.15) is 0 Å². The van der Waals surface area contributed by atoms with E-state index in [1.54, 1.807) is 19.6 Å². The van der Waals surface area contributed by atoms with Crippen LogP contribution in [-0.4, -0.2) is 16.7 Å². The maximum atomic E-state index is 6.39. The number of benzene rings is 2. The van der Waals surface area contributed by atoms with Crippen molar-refractivity contribution in [3.63, 3.8) is 0 Å². The van der Waals surface area contributed by atoms with Gasteiger partial charge >= 0.3 is 0 Å². The lowest BCUT2D eigenvalue weighted by molar-refractivity contribution is 0.412. The van der Waals surface area contributed by atoms with Gasteiger partial charge in [-0.15, -0.1) is 0 Å². The van der Waals surface area contributed by atoms with Crippen LogP contribution in [0.5, 0.6) is 5.75 Å². The van der Waals surface area contributed by atoms with E-state index in [9.17, 15) is 0 Å². The Morgan fingerprint density at radius 1 is 1.05 bits per heavy atom. The van der Waals surface area contributed by atoms with Gasteiger partial charge in [-0.3, -0.25) is 4.57 Å². The molecule has 21 heavy (non-hydrogen) atoms. The summed E-state index contributed by atoms with van der Waals surface area (Å²) >= 11 is 0. The predicted octanol–water partition coefficient (Wildman–Crippen LogP) is 2.93. The van der Waals surface area contributed by atoms with Crippen LogP contribution >= 0.6 is 0 Å². The van der Waals surface area contributed by atoms with Crippen molar-refractivity contribution in [2.75, 3.05) is 7.11 Å². The first-order chi connectivity index (χ1) is 10.3. The molecule has 0 aliphatic carbocycles. The van der Waals surface area contributed by atoms with Gasteiger partial charge in [-0.05, 0) is 17.7 Å². The first-order valence-corrected chi connectivity index (χ1v) is 6.77. The van der Waals surface area contributed by atoms with Crippen LogP contribution in [0.3, 0.4) is 0 Å². The van der Waals surface area contributed by atoms with E-state index in [4.69, 9.17) is 10.5 Å². The van der Waals surface area contributed by atoms with Gasteiger partial charge in [-0.1, -0.05) is 42.5 Å². The van der Waals surface area contributed by atoms with Crippen LogP contribution in [-0.2, 0) is 0 Å². The highest BCUT2D eigenvalue weighted by Crippen LogP contribution is 2.27. The molecular weight excluding hydrogens is 262 g/mol. The standard InChI is InChI=1S/C17H17N3O/c1-21-16-10-6-5-9-14(16)20-12-19-11-15(20)17(18)13-7-3-2-4-8-13/h2-12,17H,18H2,1H3. The third-order valence-electron chi connectivity index (χ3n) is 3.49. The first-order valence-electron chi connectivity index (χ1n) is 6.77. The summed E-state index contributed by atoms with van der Waals surface area (Å²) in [5.41, 5.74) is 9.29. The third kappa shape index (κ3) is 2.53. The minimum absolute atomic E-state index is 0.237. The Labute approximate surface area is 123 Å². The fourth-order valence-corrected chi connectivity index (χ4v) is 2.40. The zero-order valence-electron chi connectivity index (χ0n) is 11.8. The van der Waals surface area contributed by atoms with Crippen LogP contribution in [0.1, 0.15) is 17.3 Å². The van der Waals surface area contributed by atoms with E-state index in [1.165, 1.54) is 0 Å². The third-order valence-corrected chi connectivity index (χ3v) is 3.49. The van der Waals surface area contributed by atoms with E-state index in [1.807, 2.05) is 59.2 Å². The Kier molecular flexibility index (Phi) is 3.71. The summed E-state index contributed by atoms with van der Waals surface area (Å²) in [7, 11) is 1.66. The van der Waals surface area contributed by atoms with Crippen molar-refractivity contribution in [3.8, 4) is 11.4 Å². The van der Waals surface area contributed by atoms with Crippen molar-refractivity contribution >= 4 is 0 Å². The second-order valence-corrected chi connectivity index (χ2v) is 4.75. The fourth-order valence-electron chi connectivity index (χ4n) is 2.40. The summed E-state index contributed by atoms with van der Waals surface area (Å²) in [6, 6.07) is 17.6. The summed E-state index contributed by atoms with van der Waals surface area (Å²) in [5.74, 6) is 0.789. The largest absolute Gasteiger partial charge is 0.495 e.